The van der Waals surface area contributed by atoms with Crippen LogP contribution in [0.4, 0.5) is 8.78 Å². The first-order chi connectivity index (χ1) is 12.6. The number of nitrogens with zero attached hydrogens (tertiary/aromatic N) is 2. The van der Waals surface area contributed by atoms with Crippen LogP contribution in [0, 0.1) is 0 Å². The van der Waals surface area contributed by atoms with E-state index in [1.165, 1.54) is 43.5 Å². The van der Waals surface area contributed by atoms with Gasteiger partial charge in [-0.15, -0.1) is 0 Å². The Bertz CT molecular complexity index is 577. The van der Waals surface area contributed by atoms with E-state index in [1.807, 2.05) is 4.90 Å². The topological polar surface area (TPSA) is 42.0 Å². The minimum absolute atomic E-state index is 0.0148. The van der Waals surface area contributed by atoms with Crippen LogP contribution in [0.15, 0.2) is 24.3 Å². The van der Waals surface area contributed by atoms with Crippen LogP contribution in [0.1, 0.15) is 36.0 Å². The molecule has 1 aromatic rings. The molecule has 0 aromatic heterocycles. The third-order valence-electron chi connectivity index (χ3n) is 4.87. The van der Waals surface area contributed by atoms with Crippen molar-refractivity contribution in [2.45, 2.75) is 38.4 Å². The lowest BCUT2D eigenvalue weighted by Gasteiger charge is -2.31. The zero-order valence-electron chi connectivity index (χ0n) is 14.9. The number of ether oxygens (including phenoxy) is 2. The lowest BCUT2D eigenvalue weighted by molar-refractivity contribution is -0.0498. The molecular weight excluding hydrogens is 342 g/mol. The van der Waals surface area contributed by atoms with Gasteiger partial charge in [0.15, 0.2) is 0 Å². The molecule has 2 heterocycles. The largest absolute Gasteiger partial charge is 0.435 e. The van der Waals surface area contributed by atoms with Gasteiger partial charge in [-0.2, -0.15) is 8.78 Å². The van der Waals surface area contributed by atoms with Gasteiger partial charge in [0.05, 0.1) is 6.10 Å². The highest BCUT2D eigenvalue weighted by molar-refractivity contribution is 5.94. The zero-order valence-corrected chi connectivity index (χ0v) is 14.9. The van der Waals surface area contributed by atoms with E-state index >= 15 is 0 Å². The molecule has 1 atom stereocenters. The molecule has 7 heteroatoms. The SMILES string of the molecule is O=C(c1ccc(OC(F)F)cc1)N1CCCOC(CN2CCCCC2)C1. The van der Waals surface area contributed by atoms with Crippen molar-refractivity contribution in [1.29, 1.82) is 0 Å². The molecule has 3 rings (SSSR count). The molecular formula is C19H26F2N2O3. The van der Waals surface area contributed by atoms with Gasteiger partial charge in [0.1, 0.15) is 5.75 Å². The number of benzene rings is 1. The highest BCUT2D eigenvalue weighted by atomic mass is 19.3. The van der Waals surface area contributed by atoms with Gasteiger partial charge in [0.25, 0.3) is 5.91 Å². The van der Waals surface area contributed by atoms with Gasteiger partial charge in [0.2, 0.25) is 0 Å². The summed E-state index contributed by atoms with van der Waals surface area (Å²) >= 11 is 0. The first kappa shape index (κ1) is 19.0. The molecule has 2 saturated heterocycles. The second kappa shape index (κ2) is 9.28. The van der Waals surface area contributed by atoms with Gasteiger partial charge >= 0.3 is 6.61 Å². The second-order valence-corrected chi connectivity index (χ2v) is 6.86. The van der Waals surface area contributed by atoms with Gasteiger partial charge in [-0.05, 0) is 56.6 Å². The fourth-order valence-electron chi connectivity index (χ4n) is 3.58. The molecule has 1 unspecified atom stereocenters. The molecule has 26 heavy (non-hydrogen) atoms. The summed E-state index contributed by atoms with van der Waals surface area (Å²) in [5.41, 5.74) is 0.477. The quantitative estimate of drug-likeness (QED) is 0.801. The molecule has 1 aromatic carbocycles. The fourth-order valence-corrected chi connectivity index (χ4v) is 3.58. The van der Waals surface area contributed by atoms with Crippen LogP contribution in [-0.2, 0) is 4.74 Å². The van der Waals surface area contributed by atoms with Gasteiger partial charge in [-0.3, -0.25) is 4.79 Å². The Kier molecular flexibility index (Phi) is 6.80. The van der Waals surface area contributed by atoms with E-state index in [4.69, 9.17) is 4.74 Å². The summed E-state index contributed by atoms with van der Waals surface area (Å²) in [4.78, 5) is 17.0. The Labute approximate surface area is 152 Å². The van der Waals surface area contributed by atoms with Crippen molar-refractivity contribution in [1.82, 2.24) is 9.80 Å². The van der Waals surface area contributed by atoms with Crippen molar-refractivity contribution in [2.24, 2.45) is 0 Å². The predicted molar refractivity (Wildman–Crippen MR) is 93.6 cm³/mol. The third-order valence-corrected chi connectivity index (χ3v) is 4.87. The molecule has 1 amide bonds. The standard InChI is InChI=1S/C19H26F2N2O3/c20-19(21)26-16-7-5-15(6-8-16)18(24)23-11-4-12-25-17(14-23)13-22-9-2-1-3-10-22/h5-8,17,19H,1-4,9-14H2. The maximum absolute atomic E-state index is 12.8. The molecule has 2 aliphatic heterocycles. The monoisotopic (exact) mass is 368 g/mol. The summed E-state index contributed by atoms with van der Waals surface area (Å²) in [6.07, 6.45) is 4.55. The Balaban J connectivity index is 1.59. The minimum Gasteiger partial charge on any atom is -0.435 e. The number of piperidine rings is 1. The normalized spacial score (nSPS) is 22.3. The maximum atomic E-state index is 12.8. The fraction of sp³-hybridized carbons (Fsp3) is 0.632. The Morgan fingerprint density at radius 3 is 2.54 bits per heavy atom. The van der Waals surface area contributed by atoms with E-state index in [0.717, 1.165) is 26.1 Å². The molecule has 2 aliphatic rings. The van der Waals surface area contributed by atoms with E-state index in [0.29, 0.717) is 25.3 Å². The van der Waals surface area contributed by atoms with Crippen molar-refractivity contribution in [3.8, 4) is 5.75 Å². The Morgan fingerprint density at radius 2 is 1.85 bits per heavy atom. The average Bonchev–Trinajstić information content (AvgIpc) is 2.88. The molecule has 0 spiro atoms. The summed E-state index contributed by atoms with van der Waals surface area (Å²) < 4.78 is 34.7. The van der Waals surface area contributed by atoms with Crippen LogP contribution in [0.5, 0.6) is 5.75 Å². The lowest BCUT2D eigenvalue weighted by atomic mass is 10.1. The predicted octanol–water partition coefficient (Wildman–Crippen LogP) is 3.01. The van der Waals surface area contributed by atoms with Crippen molar-refractivity contribution in [3.63, 3.8) is 0 Å². The smallest absolute Gasteiger partial charge is 0.387 e. The van der Waals surface area contributed by atoms with Gasteiger partial charge in [-0.1, -0.05) is 6.42 Å². The van der Waals surface area contributed by atoms with Crippen molar-refractivity contribution in [2.75, 3.05) is 39.3 Å². The van der Waals surface area contributed by atoms with E-state index in [2.05, 4.69) is 9.64 Å². The number of alkyl halides is 2. The number of carbonyl (C=O) groups is 1. The number of halogens is 2. The second-order valence-electron chi connectivity index (χ2n) is 6.86. The molecule has 2 fully saturated rings. The number of likely N-dealkylation sites (tertiary alicyclic amines) is 1. The van der Waals surface area contributed by atoms with Crippen LogP contribution in [-0.4, -0.2) is 67.8 Å². The highest BCUT2D eigenvalue weighted by Gasteiger charge is 2.25. The van der Waals surface area contributed by atoms with Gasteiger partial charge in [0, 0.05) is 31.8 Å². The van der Waals surface area contributed by atoms with Crippen molar-refractivity contribution in [3.05, 3.63) is 29.8 Å². The molecule has 0 N–H and O–H groups in total. The van der Waals surface area contributed by atoms with Gasteiger partial charge < -0.3 is 19.3 Å². The van der Waals surface area contributed by atoms with Crippen LogP contribution in [0.2, 0.25) is 0 Å². The molecule has 0 aliphatic carbocycles. The highest BCUT2D eigenvalue weighted by Crippen LogP contribution is 2.18. The van der Waals surface area contributed by atoms with Crippen LogP contribution < -0.4 is 4.74 Å². The van der Waals surface area contributed by atoms with E-state index < -0.39 is 6.61 Å². The van der Waals surface area contributed by atoms with E-state index in [9.17, 15) is 13.6 Å². The summed E-state index contributed by atoms with van der Waals surface area (Å²) in [6.45, 7) is 2.04. The third kappa shape index (κ3) is 5.38. The average molecular weight is 368 g/mol. The first-order valence-electron chi connectivity index (χ1n) is 9.30. The molecule has 0 bridgehead atoms. The van der Waals surface area contributed by atoms with Crippen molar-refractivity contribution >= 4 is 5.91 Å². The Hall–Kier alpha value is -1.73. The number of rotatable bonds is 5. The first-order valence-corrected chi connectivity index (χ1v) is 9.30. The maximum Gasteiger partial charge on any atom is 0.387 e. The Morgan fingerprint density at radius 1 is 1.12 bits per heavy atom. The summed E-state index contributed by atoms with van der Waals surface area (Å²) in [5.74, 6) is -0.0403. The summed E-state index contributed by atoms with van der Waals surface area (Å²) in [7, 11) is 0. The number of carbonyl (C=O) groups excluding carboxylic acids is 1. The number of amides is 1. The molecule has 144 valence electrons. The van der Waals surface area contributed by atoms with Gasteiger partial charge in [-0.25, -0.2) is 0 Å². The molecule has 0 saturated carbocycles. The minimum atomic E-state index is -2.87. The summed E-state index contributed by atoms with van der Waals surface area (Å²) in [6, 6.07) is 5.87. The van der Waals surface area contributed by atoms with Crippen molar-refractivity contribution < 1.29 is 23.0 Å². The number of hydrogen-bond acceptors (Lipinski definition) is 4. The van der Waals surface area contributed by atoms with Crippen LogP contribution in [0.25, 0.3) is 0 Å². The van der Waals surface area contributed by atoms with Crippen LogP contribution >= 0.6 is 0 Å². The lowest BCUT2D eigenvalue weighted by Crippen LogP contribution is -2.43. The zero-order chi connectivity index (χ0) is 18.4. The molecule has 0 radical (unpaired) electrons. The number of hydrogen-bond donors (Lipinski definition) is 0. The molecule has 5 nitrogen and oxygen atoms in total. The van der Waals surface area contributed by atoms with E-state index in [-0.39, 0.29) is 17.8 Å². The van der Waals surface area contributed by atoms with Crippen LogP contribution in [0.3, 0.4) is 0 Å². The van der Waals surface area contributed by atoms with E-state index in [1.54, 1.807) is 0 Å². The summed E-state index contributed by atoms with van der Waals surface area (Å²) in [5, 5.41) is 0.